The molecule has 142 valence electrons. The van der Waals surface area contributed by atoms with E-state index in [9.17, 15) is 22.8 Å². The van der Waals surface area contributed by atoms with Crippen molar-refractivity contribution >= 4 is 28.9 Å². The van der Waals surface area contributed by atoms with Crippen LogP contribution < -0.4 is 10.6 Å². The summed E-state index contributed by atoms with van der Waals surface area (Å²) in [6, 6.07) is 11.0. The molecule has 3 rings (SSSR count). The molecule has 0 saturated heterocycles. The topological polar surface area (TPSA) is 71.1 Å². The molecule has 0 fully saturated rings. The van der Waals surface area contributed by atoms with Gasteiger partial charge in [0.25, 0.3) is 5.91 Å². The van der Waals surface area contributed by atoms with Gasteiger partial charge in [0.2, 0.25) is 0 Å². The second-order valence-electron chi connectivity index (χ2n) is 5.87. The Morgan fingerprint density at radius 3 is 2.46 bits per heavy atom. The van der Waals surface area contributed by atoms with Crippen molar-refractivity contribution in [2.45, 2.75) is 6.92 Å². The van der Waals surface area contributed by atoms with Gasteiger partial charge in [-0.3, -0.25) is 9.59 Å². The van der Waals surface area contributed by atoms with Crippen molar-refractivity contribution in [1.29, 1.82) is 0 Å². The smallest absolute Gasteiger partial charge is 0.255 e. The van der Waals surface area contributed by atoms with Gasteiger partial charge in [0.1, 0.15) is 5.82 Å². The molecule has 0 radical (unpaired) electrons. The van der Waals surface area contributed by atoms with Crippen LogP contribution in [0.4, 0.5) is 30.4 Å². The second kappa shape index (κ2) is 7.91. The number of ketones is 1. The monoisotopic (exact) mass is 385 g/mol. The lowest BCUT2D eigenvalue weighted by molar-refractivity contribution is 0.101. The molecule has 0 saturated carbocycles. The number of carbonyl (C=O) groups is 2. The van der Waals surface area contributed by atoms with Crippen molar-refractivity contribution in [2.24, 2.45) is 0 Å². The fourth-order valence-corrected chi connectivity index (χ4v) is 2.42. The number of pyridine rings is 1. The van der Waals surface area contributed by atoms with Gasteiger partial charge in [-0.05, 0) is 43.3 Å². The summed E-state index contributed by atoms with van der Waals surface area (Å²) in [7, 11) is 0. The predicted octanol–water partition coefficient (Wildman–Crippen LogP) is 4.70. The Balaban J connectivity index is 1.79. The zero-order chi connectivity index (χ0) is 20.3. The molecular formula is C20H14F3N3O2. The lowest BCUT2D eigenvalue weighted by Crippen LogP contribution is -2.13. The largest absolute Gasteiger partial charge is 0.338 e. The molecule has 0 aliphatic heterocycles. The van der Waals surface area contributed by atoms with Crippen molar-refractivity contribution in [2.75, 3.05) is 10.6 Å². The van der Waals surface area contributed by atoms with Gasteiger partial charge in [0, 0.05) is 23.0 Å². The molecule has 2 N–H and O–H groups in total. The van der Waals surface area contributed by atoms with Gasteiger partial charge in [0.15, 0.2) is 23.2 Å². The molecule has 0 aliphatic rings. The molecule has 5 nitrogen and oxygen atoms in total. The number of halogens is 3. The predicted molar refractivity (Wildman–Crippen MR) is 98.2 cm³/mol. The Hall–Kier alpha value is -3.68. The molecule has 0 aliphatic carbocycles. The Labute approximate surface area is 158 Å². The fraction of sp³-hybridized carbons (Fsp3) is 0.0500. The van der Waals surface area contributed by atoms with Gasteiger partial charge in [-0.1, -0.05) is 12.1 Å². The second-order valence-corrected chi connectivity index (χ2v) is 5.87. The first-order valence-corrected chi connectivity index (χ1v) is 8.14. The summed E-state index contributed by atoms with van der Waals surface area (Å²) in [4.78, 5) is 27.8. The molecule has 0 spiro atoms. The number of Topliss-reactive ketones (excluding diaryl/α,β-unsaturated/α-hetero) is 1. The van der Waals surface area contributed by atoms with E-state index in [4.69, 9.17) is 0 Å². The highest BCUT2D eigenvalue weighted by molar-refractivity contribution is 6.05. The summed E-state index contributed by atoms with van der Waals surface area (Å²) < 4.78 is 40.1. The van der Waals surface area contributed by atoms with E-state index >= 15 is 0 Å². The third-order valence-electron chi connectivity index (χ3n) is 3.85. The third kappa shape index (κ3) is 4.17. The van der Waals surface area contributed by atoms with E-state index in [1.165, 1.54) is 31.3 Å². The first kappa shape index (κ1) is 19.1. The van der Waals surface area contributed by atoms with Crippen LogP contribution in [-0.4, -0.2) is 16.7 Å². The minimum Gasteiger partial charge on any atom is -0.338 e. The number of amides is 1. The minimum atomic E-state index is -1.61. The number of nitrogens with one attached hydrogen (secondary N) is 2. The molecule has 2 aromatic carbocycles. The van der Waals surface area contributed by atoms with Gasteiger partial charge in [-0.2, -0.15) is 0 Å². The van der Waals surface area contributed by atoms with Crippen LogP contribution in [0.5, 0.6) is 0 Å². The normalized spacial score (nSPS) is 10.4. The summed E-state index contributed by atoms with van der Waals surface area (Å²) in [5, 5.41) is 5.15. The van der Waals surface area contributed by atoms with Gasteiger partial charge >= 0.3 is 0 Å². The Morgan fingerprint density at radius 2 is 1.71 bits per heavy atom. The molecule has 8 heteroatoms. The average Bonchev–Trinajstić information content (AvgIpc) is 2.69. The van der Waals surface area contributed by atoms with E-state index in [0.717, 1.165) is 12.1 Å². The van der Waals surface area contributed by atoms with E-state index in [1.54, 1.807) is 18.2 Å². The number of anilines is 3. The van der Waals surface area contributed by atoms with Gasteiger partial charge in [-0.15, -0.1) is 0 Å². The van der Waals surface area contributed by atoms with E-state index in [-0.39, 0.29) is 22.9 Å². The molecule has 3 aromatic rings. The molecule has 1 aromatic heterocycles. The summed E-state index contributed by atoms with van der Waals surface area (Å²) in [6.07, 6.45) is 1.31. The van der Waals surface area contributed by atoms with E-state index in [1.807, 2.05) is 0 Å². The zero-order valence-corrected chi connectivity index (χ0v) is 14.6. The quantitative estimate of drug-likeness (QED) is 0.493. The Morgan fingerprint density at radius 1 is 0.929 bits per heavy atom. The maximum Gasteiger partial charge on any atom is 0.255 e. The van der Waals surface area contributed by atoms with Crippen molar-refractivity contribution in [3.05, 3.63) is 83.3 Å². The molecule has 1 heterocycles. The van der Waals surface area contributed by atoms with Crippen LogP contribution >= 0.6 is 0 Å². The maximum atomic E-state index is 13.8. The number of hydrogen-bond acceptors (Lipinski definition) is 4. The Kier molecular flexibility index (Phi) is 5.39. The highest BCUT2D eigenvalue weighted by Gasteiger charge is 2.15. The molecule has 0 atom stereocenters. The zero-order valence-electron chi connectivity index (χ0n) is 14.6. The van der Waals surface area contributed by atoms with Crippen molar-refractivity contribution in [3.8, 4) is 0 Å². The number of carbonyl (C=O) groups excluding carboxylic acids is 2. The highest BCUT2D eigenvalue weighted by Crippen LogP contribution is 2.23. The van der Waals surface area contributed by atoms with Crippen LogP contribution in [0.2, 0.25) is 0 Å². The highest BCUT2D eigenvalue weighted by atomic mass is 19.2. The molecule has 0 bridgehead atoms. The number of benzene rings is 2. The SMILES string of the molecule is CC(=O)c1cccc(NC(=O)c2ccnc(Nc3ccc(F)c(F)c3F)c2)c1. The molecule has 0 unspecified atom stereocenters. The fourth-order valence-electron chi connectivity index (χ4n) is 2.42. The first-order valence-electron chi connectivity index (χ1n) is 8.14. The van der Waals surface area contributed by atoms with E-state index in [2.05, 4.69) is 15.6 Å². The van der Waals surface area contributed by atoms with E-state index < -0.39 is 23.4 Å². The Bertz CT molecular complexity index is 1070. The lowest BCUT2D eigenvalue weighted by atomic mass is 10.1. The van der Waals surface area contributed by atoms with E-state index in [0.29, 0.717) is 11.3 Å². The molecule has 1 amide bonds. The van der Waals surface area contributed by atoms with Crippen molar-refractivity contribution in [3.63, 3.8) is 0 Å². The standard InChI is InChI=1S/C20H14F3N3O2/c1-11(27)12-3-2-4-14(9-12)25-20(28)13-7-8-24-17(10-13)26-16-6-5-15(21)18(22)19(16)23/h2-10H,1H3,(H,24,26)(H,25,28). The average molecular weight is 385 g/mol. The van der Waals surface area contributed by atoms with Gasteiger partial charge in [-0.25, -0.2) is 18.2 Å². The first-order chi connectivity index (χ1) is 13.3. The van der Waals surface area contributed by atoms with Gasteiger partial charge in [0.05, 0.1) is 5.69 Å². The van der Waals surface area contributed by atoms with Crippen LogP contribution in [-0.2, 0) is 0 Å². The summed E-state index contributed by atoms with van der Waals surface area (Å²) in [5.41, 5.74) is 0.742. The summed E-state index contributed by atoms with van der Waals surface area (Å²) >= 11 is 0. The third-order valence-corrected chi connectivity index (χ3v) is 3.85. The number of nitrogens with zero attached hydrogens (tertiary/aromatic N) is 1. The minimum absolute atomic E-state index is 0.0649. The maximum absolute atomic E-state index is 13.8. The van der Waals surface area contributed by atoms with Crippen LogP contribution in [0, 0.1) is 17.5 Å². The van der Waals surface area contributed by atoms with Crippen molar-refractivity contribution in [1.82, 2.24) is 4.98 Å². The molecule has 28 heavy (non-hydrogen) atoms. The van der Waals surface area contributed by atoms with Gasteiger partial charge < -0.3 is 10.6 Å². The van der Waals surface area contributed by atoms with Crippen LogP contribution in [0.1, 0.15) is 27.6 Å². The van der Waals surface area contributed by atoms with Crippen LogP contribution in [0.15, 0.2) is 54.7 Å². The number of aromatic nitrogens is 1. The van der Waals surface area contributed by atoms with Crippen LogP contribution in [0.25, 0.3) is 0 Å². The molecular weight excluding hydrogens is 371 g/mol. The number of rotatable bonds is 5. The van der Waals surface area contributed by atoms with Crippen molar-refractivity contribution < 1.29 is 22.8 Å². The van der Waals surface area contributed by atoms with Crippen LogP contribution in [0.3, 0.4) is 0 Å². The lowest BCUT2D eigenvalue weighted by Gasteiger charge is -2.10. The summed E-state index contributed by atoms with van der Waals surface area (Å²) in [5.74, 6) is -4.87. The number of hydrogen-bond donors (Lipinski definition) is 2. The summed E-state index contributed by atoms with van der Waals surface area (Å²) in [6.45, 7) is 1.42.